The van der Waals surface area contributed by atoms with Gasteiger partial charge in [-0.1, -0.05) is 0 Å². The lowest BCUT2D eigenvalue weighted by Crippen LogP contribution is -2.34. The molecule has 0 aromatic heterocycles. The number of hydrogen-bond acceptors (Lipinski definition) is 4. The second-order valence-corrected chi connectivity index (χ2v) is 4.86. The summed E-state index contributed by atoms with van der Waals surface area (Å²) >= 11 is 0. The number of benzene rings is 1. The summed E-state index contributed by atoms with van der Waals surface area (Å²) in [5, 5.41) is 19.1. The molecule has 0 aliphatic carbocycles. The summed E-state index contributed by atoms with van der Waals surface area (Å²) in [7, 11) is 3.98. The van der Waals surface area contributed by atoms with E-state index in [-0.39, 0.29) is 23.0 Å². The molecule has 1 amide bonds. The molecule has 1 aliphatic heterocycles. The van der Waals surface area contributed by atoms with Gasteiger partial charge in [0.25, 0.3) is 5.91 Å². The van der Waals surface area contributed by atoms with E-state index in [9.17, 15) is 15.0 Å². The Kier molecular flexibility index (Phi) is 3.43. The molecule has 18 heavy (non-hydrogen) atoms. The molecule has 1 saturated heterocycles. The van der Waals surface area contributed by atoms with Crippen LogP contribution >= 0.6 is 0 Å². The third kappa shape index (κ3) is 2.41. The zero-order valence-corrected chi connectivity index (χ0v) is 10.6. The largest absolute Gasteiger partial charge is 0.508 e. The lowest BCUT2D eigenvalue weighted by atomic mass is 10.1. The van der Waals surface area contributed by atoms with E-state index < -0.39 is 0 Å². The summed E-state index contributed by atoms with van der Waals surface area (Å²) in [6.07, 6.45) is 0.929. The van der Waals surface area contributed by atoms with Crippen molar-refractivity contribution in [1.29, 1.82) is 0 Å². The van der Waals surface area contributed by atoms with Gasteiger partial charge < -0.3 is 20.0 Å². The maximum Gasteiger partial charge on any atom is 0.257 e. The number of carbonyl (C=O) groups excluding carboxylic acids is 1. The topological polar surface area (TPSA) is 64.0 Å². The zero-order valence-electron chi connectivity index (χ0n) is 10.6. The smallest absolute Gasteiger partial charge is 0.257 e. The highest BCUT2D eigenvalue weighted by molar-refractivity contribution is 5.97. The summed E-state index contributed by atoms with van der Waals surface area (Å²) in [5.41, 5.74) is 0.161. The number of phenolic OH excluding ortho intramolecular Hbond substituents is 2. The lowest BCUT2D eigenvalue weighted by molar-refractivity contribution is 0.0779. The van der Waals surface area contributed by atoms with Crippen LogP contribution in [0.5, 0.6) is 11.5 Å². The fourth-order valence-electron chi connectivity index (χ4n) is 2.21. The standard InChI is InChI=1S/C13H18N2O3/c1-14(2)9-5-6-15(8-9)13(18)11-7-10(16)3-4-12(11)17/h3-4,7,9,16-17H,5-6,8H2,1-2H3. The van der Waals surface area contributed by atoms with Crippen LogP contribution in [0.4, 0.5) is 0 Å². The summed E-state index contributed by atoms with van der Waals surface area (Å²) in [6.45, 7) is 1.33. The summed E-state index contributed by atoms with van der Waals surface area (Å²) in [6, 6.07) is 4.36. The quantitative estimate of drug-likeness (QED) is 0.765. The second kappa shape index (κ2) is 4.86. The molecule has 0 saturated carbocycles. The van der Waals surface area contributed by atoms with E-state index in [1.807, 2.05) is 14.1 Å². The first-order valence-electron chi connectivity index (χ1n) is 5.96. The van der Waals surface area contributed by atoms with Gasteiger partial charge in [0.15, 0.2) is 0 Å². The van der Waals surface area contributed by atoms with Gasteiger partial charge in [0, 0.05) is 19.1 Å². The van der Waals surface area contributed by atoms with Gasteiger partial charge in [-0.2, -0.15) is 0 Å². The highest BCUT2D eigenvalue weighted by Gasteiger charge is 2.29. The van der Waals surface area contributed by atoms with E-state index in [1.54, 1.807) is 4.90 Å². The summed E-state index contributed by atoms with van der Waals surface area (Å²) in [4.78, 5) is 16.0. The fraction of sp³-hybridized carbons (Fsp3) is 0.462. The molecule has 1 atom stereocenters. The normalized spacial score (nSPS) is 19.5. The van der Waals surface area contributed by atoms with Crippen LogP contribution in [-0.2, 0) is 0 Å². The first-order chi connectivity index (χ1) is 8.49. The second-order valence-electron chi connectivity index (χ2n) is 4.86. The van der Waals surface area contributed by atoms with Gasteiger partial charge in [-0.25, -0.2) is 0 Å². The van der Waals surface area contributed by atoms with Gasteiger partial charge in [0.2, 0.25) is 0 Å². The van der Waals surface area contributed by atoms with Gasteiger partial charge in [0.1, 0.15) is 11.5 Å². The van der Waals surface area contributed by atoms with E-state index in [4.69, 9.17) is 0 Å². The van der Waals surface area contributed by atoms with Crippen LogP contribution in [0.1, 0.15) is 16.8 Å². The number of aromatic hydroxyl groups is 2. The molecule has 1 fully saturated rings. The Labute approximate surface area is 106 Å². The Balaban J connectivity index is 2.15. The Hall–Kier alpha value is -1.75. The first-order valence-corrected chi connectivity index (χ1v) is 5.96. The molecule has 5 heteroatoms. The van der Waals surface area contributed by atoms with Gasteiger partial charge in [-0.05, 0) is 38.7 Å². The fourth-order valence-corrected chi connectivity index (χ4v) is 2.21. The van der Waals surface area contributed by atoms with Crippen molar-refractivity contribution in [2.45, 2.75) is 12.5 Å². The number of nitrogens with zero attached hydrogens (tertiary/aromatic N) is 2. The predicted molar refractivity (Wildman–Crippen MR) is 67.8 cm³/mol. The molecule has 2 rings (SSSR count). The Morgan fingerprint density at radius 1 is 1.39 bits per heavy atom. The van der Waals surface area contributed by atoms with Crippen molar-refractivity contribution < 1.29 is 15.0 Å². The molecule has 1 aromatic carbocycles. The average molecular weight is 250 g/mol. The number of carbonyl (C=O) groups is 1. The molecule has 1 aliphatic rings. The Morgan fingerprint density at radius 2 is 2.11 bits per heavy atom. The molecule has 98 valence electrons. The van der Waals surface area contributed by atoms with Crippen LogP contribution in [0.15, 0.2) is 18.2 Å². The Morgan fingerprint density at radius 3 is 2.72 bits per heavy atom. The van der Waals surface area contributed by atoms with E-state index in [2.05, 4.69) is 4.90 Å². The van der Waals surface area contributed by atoms with E-state index in [1.165, 1.54) is 18.2 Å². The highest BCUT2D eigenvalue weighted by atomic mass is 16.3. The van der Waals surface area contributed by atoms with Gasteiger partial charge >= 0.3 is 0 Å². The molecular weight excluding hydrogens is 232 g/mol. The summed E-state index contributed by atoms with van der Waals surface area (Å²) < 4.78 is 0. The molecule has 0 radical (unpaired) electrons. The minimum absolute atomic E-state index is 0.0143. The number of amides is 1. The van der Waals surface area contributed by atoms with E-state index >= 15 is 0 Å². The van der Waals surface area contributed by atoms with Crippen LogP contribution < -0.4 is 0 Å². The predicted octanol–water partition coefficient (Wildman–Crippen LogP) is 0.874. The average Bonchev–Trinajstić information content (AvgIpc) is 2.81. The van der Waals surface area contributed by atoms with E-state index in [0.29, 0.717) is 19.1 Å². The molecule has 1 aromatic rings. The zero-order chi connectivity index (χ0) is 13.3. The third-order valence-electron chi connectivity index (χ3n) is 3.39. The number of rotatable bonds is 2. The van der Waals surface area contributed by atoms with Gasteiger partial charge in [0.05, 0.1) is 5.56 Å². The molecule has 0 spiro atoms. The van der Waals surface area contributed by atoms with Crippen molar-refractivity contribution in [3.05, 3.63) is 23.8 Å². The number of likely N-dealkylation sites (tertiary alicyclic amines) is 1. The van der Waals surface area contributed by atoms with Crippen LogP contribution in [0, 0.1) is 0 Å². The molecular formula is C13H18N2O3. The monoisotopic (exact) mass is 250 g/mol. The minimum Gasteiger partial charge on any atom is -0.508 e. The van der Waals surface area contributed by atoms with Crippen LogP contribution in [-0.4, -0.2) is 59.1 Å². The Bertz CT molecular complexity index is 460. The number of hydrogen-bond donors (Lipinski definition) is 2. The summed E-state index contributed by atoms with van der Waals surface area (Å²) in [5.74, 6) is -0.335. The first kappa shape index (κ1) is 12.7. The maximum atomic E-state index is 12.2. The molecule has 5 nitrogen and oxygen atoms in total. The molecule has 0 bridgehead atoms. The van der Waals surface area contributed by atoms with Crippen molar-refractivity contribution in [2.24, 2.45) is 0 Å². The minimum atomic E-state index is -0.229. The van der Waals surface area contributed by atoms with E-state index in [0.717, 1.165) is 6.42 Å². The highest BCUT2D eigenvalue weighted by Crippen LogP contribution is 2.25. The van der Waals surface area contributed by atoms with Crippen molar-refractivity contribution in [1.82, 2.24) is 9.80 Å². The maximum absolute atomic E-state index is 12.2. The number of likely N-dealkylation sites (N-methyl/N-ethyl adjacent to an activating group) is 1. The number of phenols is 2. The van der Waals surface area contributed by atoms with Gasteiger partial charge in [-0.15, -0.1) is 0 Å². The SMILES string of the molecule is CN(C)C1CCN(C(=O)c2cc(O)ccc2O)C1. The molecule has 2 N–H and O–H groups in total. The molecule has 1 heterocycles. The van der Waals surface area contributed by atoms with Crippen molar-refractivity contribution in [3.8, 4) is 11.5 Å². The van der Waals surface area contributed by atoms with Crippen molar-refractivity contribution in [3.63, 3.8) is 0 Å². The molecule has 1 unspecified atom stereocenters. The van der Waals surface area contributed by atoms with Crippen molar-refractivity contribution in [2.75, 3.05) is 27.2 Å². The third-order valence-corrected chi connectivity index (χ3v) is 3.39. The van der Waals surface area contributed by atoms with Crippen LogP contribution in [0.25, 0.3) is 0 Å². The van der Waals surface area contributed by atoms with Gasteiger partial charge in [-0.3, -0.25) is 4.79 Å². The van der Waals surface area contributed by atoms with Crippen LogP contribution in [0.2, 0.25) is 0 Å². The lowest BCUT2D eigenvalue weighted by Gasteiger charge is -2.20. The van der Waals surface area contributed by atoms with Crippen molar-refractivity contribution >= 4 is 5.91 Å². The van der Waals surface area contributed by atoms with Crippen LogP contribution in [0.3, 0.4) is 0 Å².